The average Bonchev–Trinajstić information content (AvgIpc) is 2.66. The second kappa shape index (κ2) is 4.45. The van der Waals surface area contributed by atoms with Crippen LogP contribution in [0.3, 0.4) is 0 Å². The quantitative estimate of drug-likeness (QED) is 0.870. The molecule has 1 aliphatic carbocycles. The number of nitrogens with one attached hydrogen (secondary N) is 1. The Morgan fingerprint density at radius 1 is 1.41 bits per heavy atom. The Hall–Kier alpha value is -1.42. The van der Waals surface area contributed by atoms with Gasteiger partial charge in [0.25, 0.3) is 0 Å². The Morgan fingerprint density at radius 3 is 3.00 bits per heavy atom. The van der Waals surface area contributed by atoms with Crippen LogP contribution in [0.4, 0.5) is 0 Å². The summed E-state index contributed by atoms with van der Waals surface area (Å²) in [5.41, 5.74) is 3.29. The summed E-state index contributed by atoms with van der Waals surface area (Å²) in [4.78, 5) is 4.55. The SMILES string of the molecule is CNCCc1cn2nc(C3CCC3)ccc2n1. The molecule has 2 aromatic heterocycles. The number of imidazole rings is 1. The second-order valence-corrected chi connectivity index (χ2v) is 4.77. The molecule has 1 N–H and O–H groups in total. The maximum Gasteiger partial charge on any atom is 0.153 e. The highest BCUT2D eigenvalue weighted by Crippen LogP contribution is 2.34. The molecule has 2 aromatic rings. The molecule has 1 saturated carbocycles. The zero-order valence-electron chi connectivity index (χ0n) is 10.2. The summed E-state index contributed by atoms with van der Waals surface area (Å²) in [7, 11) is 1.96. The Balaban J connectivity index is 1.87. The number of hydrogen-bond donors (Lipinski definition) is 1. The van der Waals surface area contributed by atoms with E-state index in [9.17, 15) is 0 Å². The van der Waals surface area contributed by atoms with Gasteiger partial charge in [0.2, 0.25) is 0 Å². The van der Waals surface area contributed by atoms with Crippen LogP contribution in [0.25, 0.3) is 5.65 Å². The second-order valence-electron chi connectivity index (χ2n) is 4.77. The summed E-state index contributed by atoms with van der Waals surface area (Å²) in [6.45, 7) is 0.958. The number of fused-ring (bicyclic) bond motifs is 1. The van der Waals surface area contributed by atoms with E-state index in [1.165, 1.54) is 25.0 Å². The van der Waals surface area contributed by atoms with Crippen LogP contribution >= 0.6 is 0 Å². The molecule has 3 rings (SSSR count). The lowest BCUT2D eigenvalue weighted by molar-refractivity contribution is 0.407. The maximum absolute atomic E-state index is 4.66. The third kappa shape index (κ3) is 2.05. The zero-order valence-corrected chi connectivity index (χ0v) is 10.2. The Labute approximate surface area is 101 Å². The summed E-state index contributed by atoms with van der Waals surface area (Å²) in [5.74, 6) is 0.683. The largest absolute Gasteiger partial charge is 0.319 e. The Bertz CT molecular complexity index is 513. The molecule has 4 heteroatoms. The highest BCUT2D eigenvalue weighted by Gasteiger charge is 2.21. The number of rotatable bonds is 4. The van der Waals surface area contributed by atoms with Crippen molar-refractivity contribution in [3.8, 4) is 0 Å². The summed E-state index contributed by atoms with van der Waals surface area (Å²) in [6, 6.07) is 4.22. The first kappa shape index (κ1) is 10.7. The Kier molecular flexibility index (Phi) is 2.81. The van der Waals surface area contributed by atoms with Gasteiger partial charge in [0.05, 0.1) is 17.6 Å². The lowest BCUT2D eigenvalue weighted by atomic mass is 9.83. The van der Waals surface area contributed by atoms with Crippen molar-refractivity contribution in [3.63, 3.8) is 0 Å². The van der Waals surface area contributed by atoms with Gasteiger partial charge in [-0.25, -0.2) is 9.50 Å². The molecule has 0 radical (unpaired) electrons. The van der Waals surface area contributed by atoms with Crippen molar-refractivity contribution in [1.29, 1.82) is 0 Å². The van der Waals surface area contributed by atoms with E-state index in [1.54, 1.807) is 0 Å². The minimum atomic E-state index is 0.683. The van der Waals surface area contributed by atoms with Gasteiger partial charge in [0.15, 0.2) is 5.65 Å². The molecule has 90 valence electrons. The van der Waals surface area contributed by atoms with Crippen LogP contribution in [-0.4, -0.2) is 28.2 Å². The van der Waals surface area contributed by atoms with Gasteiger partial charge in [-0.1, -0.05) is 6.42 Å². The fourth-order valence-electron chi connectivity index (χ4n) is 2.24. The number of hydrogen-bond acceptors (Lipinski definition) is 3. The first-order valence-electron chi connectivity index (χ1n) is 6.36. The van der Waals surface area contributed by atoms with E-state index in [1.807, 2.05) is 11.6 Å². The lowest BCUT2D eigenvalue weighted by Gasteiger charge is -2.24. The molecule has 0 atom stereocenters. The van der Waals surface area contributed by atoms with E-state index >= 15 is 0 Å². The molecule has 1 fully saturated rings. The molecule has 17 heavy (non-hydrogen) atoms. The summed E-state index contributed by atoms with van der Waals surface area (Å²) in [5, 5.41) is 7.80. The van der Waals surface area contributed by atoms with Crippen molar-refractivity contribution < 1.29 is 0 Å². The summed E-state index contributed by atoms with van der Waals surface area (Å²) < 4.78 is 1.93. The van der Waals surface area contributed by atoms with Gasteiger partial charge in [0.1, 0.15) is 0 Å². The molecule has 0 spiro atoms. The van der Waals surface area contributed by atoms with Crippen LogP contribution < -0.4 is 5.32 Å². The molecule has 2 heterocycles. The summed E-state index contributed by atoms with van der Waals surface area (Å²) >= 11 is 0. The third-order valence-electron chi connectivity index (χ3n) is 3.55. The van der Waals surface area contributed by atoms with Gasteiger partial charge in [0, 0.05) is 18.9 Å². The van der Waals surface area contributed by atoms with Gasteiger partial charge in [-0.3, -0.25) is 0 Å². The van der Waals surface area contributed by atoms with Gasteiger partial charge in [-0.15, -0.1) is 0 Å². The maximum atomic E-state index is 4.66. The van der Waals surface area contributed by atoms with Crippen molar-refractivity contribution in [2.75, 3.05) is 13.6 Å². The van der Waals surface area contributed by atoms with Crippen molar-refractivity contribution in [3.05, 3.63) is 29.7 Å². The van der Waals surface area contributed by atoms with Crippen LogP contribution in [-0.2, 0) is 6.42 Å². The summed E-state index contributed by atoms with van der Waals surface area (Å²) in [6.07, 6.45) is 6.94. The van der Waals surface area contributed by atoms with E-state index in [-0.39, 0.29) is 0 Å². The van der Waals surface area contributed by atoms with E-state index in [0.717, 1.165) is 24.3 Å². The molecule has 0 bridgehead atoms. The molecular formula is C13H18N4. The minimum absolute atomic E-state index is 0.683. The highest BCUT2D eigenvalue weighted by atomic mass is 15.2. The standard InChI is InChI=1S/C13H18N4/c1-14-8-7-11-9-17-13(15-11)6-5-12(16-17)10-3-2-4-10/h5-6,9-10,14H,2-4,7-8H2,1H3. The van der Waals surface area contributed by atoms with E-state index in [4.69, 9.17) is 0 Å². The first-order chi connectivity index (χ1) is 8.36. The first-order valence-corrected chi connectivity index (χ1v) is 6.36. The fourth-order valence-corrected chi connectivity index (χ4v) is 2.24. The molecule has 0 aromatic carbocycles. The van der Waals surface area contributed by atoms with Crippen molar-refractivity contribution in [2.45, 2.75) is 31.6 Å². The van der Waals surface area contributed by atoms with Gasteiger partial charge < -0.3 is 5.32 Å². The average molecular weight is 230 g/mol. The highest BCUT2D eigenvalue weighted by molar-refractivity contribution is 5.39. The third-order valence-corrected chi connectivity index (χ3v) is 3.55. The monoisotopic (exact) mass is 230 g/mol. The topological polar surface area (TPSA) is 42.2 Å². The van der Waals surface area contributed by atoms with Crippen LogP contribution in [0.5, 0.6) is 0 Å². The molecule has 0 saturated heterocycles. The zero-order chi connectivity index (χ0) is 11.7. The molecule has 1 aliphatic rings. The Morgan fingerprint density at radius 2 is 2.29 bits per heavy atom. The molecule has 4 nitrogen and oxygen atoms in total. The van der Waals surface area contributed by atoms with Crippen LogP contribution in [0.15, 0.2) is 18.3 Å². The molecule has 0 aliphatic heterocycles. The van der Waals surface area contributed by atoms with Crippen molar-refractivity contribution >= 4 is 5.65 Å². The van der Waals surface area contributed by atoms with E-state index < -0.39 is 0 Å². The molecular weight excluding hydrogens is 212 g/mol. The predicted octanol–water partition coefficient (Wildman–Crippen LogP) is 1.76. The van der Waals surface area contributed by atoms with Crippen LogP contribution in [0.2, 0.25) is 0 Å². The lowest BCUT2D eigenvalue weighted by Crippen LogP contribution is -2.12. The van der Waals surface area contributed by atoms with E-state index in [2.05, 4.69) is 33.7 Å². The minimum Gasteiger partial charge on any atom is -0.319 e. The number of likely N-dealkylation sites (N-methyl/N-ethyl adjacent to an activating group) is 1. The van der Waals surface area contributed by atoms with Gasteiger partial charge in [-0.05, 0) is 32.0 Å². The number of nitrogens with zero attached hydrogens (tertiary/aromatic N) is 3. The van der Waals surface area contributed by atoms with Crippen molar-refractivity contribution in [1.82, 2.24) is 19.9 Å². The molecule has 0 amide bonds. The van der Waals surface area contributed by atoms with Crippen LogP contribution in [0, 0.1) is 0 Å². The smallest absolute Gasteiger partial charge is 0.153 e. The molecule has 0 unspecified atom stereocenters. The van der Waals surface area contributed by atoms with E-state index in [0.29, 0.717) is 5.92 Å². The number of aromatic nitrogens is 3. The van der Waals surface area contributed by atoms with Gasteiger partial charge >= 0.3 is 0 Å². The van der Waals surface area contributed by atoms with Crippen LogP contribution in [0.1, 0.15) is 36.6 Å². The normalized spacial score (nSPS) is 16.3. The van der Waals surface area contributed by atoms with Gasteiger partial charge in [-0.2, -0.15) is 5.10 Å². The predicted molar refractivity (Wildman–Crippen MR) is 67.2 cm³/mol. The fraction of sp³-hybridized carbons (Fsp3) is 0.538. The van der Waals surface area contributed by atoms with Crippen molar-refractivity contribution in [2.24, 2.45) is 0 Å².